The summed E-state index contributed by atoms with van der Waals surface area (Å²) >= 11 is 0. The van der Waals surface area contributed by atoms with Gasteiger partial charge in [0.05, 0.1) is 6.61 Å². The molecular formula is C5H18O6. The highest BCUT2D eigenvalue weighted by Crippen LogP contribution is 1.80. The summed E-state index contributed by atoms with van der Waals surface area (Å²) in [6.07, 6.45) is 0.480. The van der Waals surface area contributed by atoms with E-state index in [9.17, 15) is 4.79 Å². The minimum Gasteiger partial charge on any atom is -0.466 e. The highest BCUT2D eigenvalue weighted by atomic mass is 16.5. The zero-order valence-corrected chi connectivity index (χ0v) is 6.73. The summed E-state index contributed by atoms with van der Waals surface area (Å²) in [5.41, 5.74) is 0. The maximum atomic E-state index is 10.2. The van der Waals surface area contributed by atoms with Crippen LogP contribution in [0.5, 0.6) is 0 Å². The normalized spacial score (nSPS) is 5.27. The third-order valence-electron chi connectivity index (χ3n) is 0.594. The number of ether oxygens (including phenoxy) is 1. The van der Waals surface area contributed by atoms with Crippen molar-refractivity contribution in [3.63, 3.8) is 0 Å². The Kier molecular flexibility index (Phi) is 65.7. The van der Waals surface area contributed by atoms with Crippen molar-refractivity contribution in [3.05, 3.63) is 0 Å². The van der Waals surface area contributed by atoms with Crippen LogP contribution in [0.25, 0.3) is 0 Å². The maximum absolute atomic E-state index is 10.2. The van der Waals surface area contributed by atoms with E-state index in [0.717, 1.165) is 0 Å². The van der Waals surface area contributed by atoms with Crippen LogP contribution in [0.4, 0.5) is 0 Å². The summed E-state index contributed by atoms with van der Waals surface area (Å²) in [7, 11) is 0. The zero-order valence-electron chi connectivity index (χ0n) is 6.73. The first-order valence-corrected chi connectivity index (χ1v) is 2.46. The van der Waals surface area contributed by atoms with Crippen LogP contribution in [0.15, 0.2) is 0 Å². The fourth-order valence-corrected chi connectivity index (χ4v) is 0.263. The van der Waals surface area contributed by atoms with Gasteiger partial charge in [0.2, 0.25) is 0 Å². The third-order valence-corrected chi connectivity index (χ3v) is 0.594. The first-order valence-electron chi connectivity index (χ1n) is 2.46. The van der Waals surface area contributed by atoms with Crippen LogP contribution in [0.1, 0.15) is 20.3 Å². The van der Waals surface area contributed by atoms with Crippen LogP contribution in [0.2, 0.25) is 0 Å². The van der Waals surface area contributed by atoms with Crippen LogP contribution in [-0.4, -0.2) is 34.5 Å². The van der Waals surface area contributed by atoms with Gasteiger partial charge in [-0.25, -0.2) is 0 Å². The Morgan fingerprint density at radius 3 is 1.55 bits per heavy atom. The highest BCUT2D eigenvalue weighted by Gasteiger charge is 1.91. The molecule has 6 nitrogen and oxygen atoms in total. The second-order valence-electron chi connectivity index (χ2n) is 1.16. The van der Waals surface area contributed by atoms with Gasteiger partial charge < -0.3 is 26.6 Å². The molecule has 0 fully saturated rings. The summed E-state index contributed by atoms with van der Waals surface area (Å²) < 4.78 is 4.55. The van der Waals surface area contributed by atoms with Gasteiger partial charge in [-0.05, 0) is 6.92 Å². The Morgan fingerprint density at radius 1 is 1.09 bits per heavy atom. The lowest BCUT2D eigenvalue weighted by Gasteiger charge is -1.93. The molecule has 8 N–H and O–H groups in total. The Morgan fingerprint density at radius 2 is 1.45 bits per heavy atom. The van der Waals surface area contributed by atoms with Crippen molar-refractivity contribution in [2.24, 2.45) is 0 Å². The molecule has 0 bridgehead atoms. The Labute approximate surface area is 65.4 Å². The van der Waals surface area contributed by atoms with Crippen LogP contribution in [-0.2, 0) is 9.53 Å². The first-order chi connectivity index (χ1) is 3.31. The number of rotatable bonds is 2. The SMILES string of the molecule is CCOC(=O)CC.O.O.O.O. The van der Waals surface area contributed by atoms with Crippen molar-refractivity contribution in [2.45, 2.75) is 20.3 Å². The van der Waals surface area contributed by atoms with Gasteiger partial charge in [0.25, 0.3) is 0 Å². The molecule has 0 aromatic heterocycles. The fourth-order valence-electron chi connectivity index (χ4n) is 0.263. The van der Waals surface area contributed by atoms with Crippen LogP contribution < -0.4 is 0 Å². The zero-order chi connectivity index (χ0) is 5.70. The summed E-state index contributed by atoms with van der Waals surface area (Å²) in [5.74, 6) is -0.123. The number of carbonyl (C=O) groups excluding carboxylic acids is 1. The van der Waals surface area contributed by atoms with E-state index < -0.39 is 0 Å². The maximum Gasteiger partial charge on any atom is 0.305 e. The average molecular weight is 174 g/mol. The number of hydrogen-bond donors (Lipinski definition) is 0. The third kappa shape index (κ3) is 26.8. The number of carbonyl (C=O) groups is 1. The summed E-state index contributed by atoms with van der Waals surface area (Å²) in [6, 6.07) is 0. The molecule has 0 saturated carbocycles. The molecule has 0 amide bonds. The molecule has 0 heterocycles. The minimum atomic E-state index is -0.123. The lowest BCUT2D eigenvalue weighted by molar-refractivity contribution is -0.142. The molecule has 0 saturated heterocycles. The predicted molar refractivity (Wildman–Crippen MR) is 41.4 cm³/mol. The highest BCUT2D eigenvalue weighted by molar-refractivity contribution is 5.68. The monoisotopic (exact) mass is 174 g/mol. The average Bonchev–Trinajstić information content (AvgIpc) is 1.68. The number of esters is 1. The molecule has 0 aliphatic carbocycles. The topological polar surface area (TPSA) is 152 Å². The molecule has 0 aliphatic heterocycles. The van der Waals surface area contributed by atoms with E-state index in [1.165, 1.54) is 0 Å². The Hall–Kier alpha value is -0.690. The van der Waals surface area contributed by atoms with Gasteiger partial charge in [-0.2, -0.15) is 0 Å². The van der Waals surface area contributed by atoms with Gasteiger partial charge in [-0.3, -0.25) is 4.79 Å². The van der Waals surface area contributed by atoms with Crippen LogP contribution in [0, 0.1) is 0 Å². The second-order valence-corrected chi connectivity index (χ2v) is 1.16. The molecule has 11 heavy (non-hydrogen) atoms. The Bertz CT molecular complexity index is 64.0. The molecule has 0 aromatic rings. The molecule has 0 rings (SSSR count). The molecule has 0 atom stereocenters. The van der Waals surface area contributed by atoms with Crippen molar-refractivity contribution in [1.29, 1.82) is 0 Å². The number of hydrogen-bond acceptors (Lipinski definition) is 2. The van der Waals surface area contributed by atoms with Crippen molar-refractivity contribution in [2.75, 3.05) is 6.61 Å². The van der Waals surface area contributed by atoms with E-state index >= 15 is 0 Å². The Balaban J connectivity index is -0.0000000300. The predicted octanol–water partition coefficient (Wildman–Crippen LogP) is -2.34. The molecule has 0 aliphatic rings. The van der Waals surface area contributed by atoms with E-state index in [1.807, 2.05) is 0 Å². The van der Waals surface area contributed by atoms with E-state index in [4.69, 9.17) is 0 Å². The fraction of sp³-hybridized carbons (Fsp3) is 0.800. The lowest BCUT2D eigenvalue weighted by atomic mass is 10.5. The van der Waals surface area contributed by atoms with Crippen LogP contribution >= 0.6 is 0 Å². The van der Waals surface area contributed by atoms with Crippen molar-refractivity contribution in [3.8, 4) is 0 Å². The molecule has 0 radical (unpaired) electrons. The molecular weight excluding hydrogens is 156 g/mol. The van der Waals surface area contributed by atoms with Gasteiger partial charge >= 0.3 is 5.97 Å². The quantitative estimate of drug-likeness (QED) is 0.430. The largest absolute Gasteiger partial charge is 0.466 e. The summed E-state index contributed by atoms with van der Waals surface area (Å²) in [6.45, 7) is 4.07. The minimum absolute atomic E-state index is 0. The summed E-state index contributed by atoms with van der Waals surface area (Å²) in [5, 5.41) is 0. The summed E-state index contributed by atoms with van der Waals surface area (Å²) in [4.78, 5) is 10.2. The van der Waals surface area contributed by atoms with Gasteiger partial charge in [-0.1, -0.05) is 6.92 Å². The van der Waals surface area contributed by atoms with E-state index in [2.05, 4.69) is 4.74 Å². The van der Waals surface area contributed by atoms with Gasteiger partial charge in [0.1, 0.15) is 0 Å². The smallest absolute Gasteiger partial charge is 0.305 e. The van der Waals surface area contributed by atoms with Gasteiger partial charge in [0, 0.05) is 6.42 Å². The van der Waals surface area contributed by atoms with Gasteiger partial charge in [0.15, 0.2) is 0 Å². The standard InChI is InChI=1S/C5H10O2.4H2O/c1-3-5(6)7-4-2;;;;/h3-4H2,1-2H3;4*1H2. The van der Waals surface area contributed by atoms with Crippen molar-refractivity contribution in [1.82, 2.24) is 0 Å². The molecule has 0 spiro atoms. The lowest BCUT2D eigenvalue weighted by Crippen LogP contribution is -2.00. The van der Waals surface area contributed by atoms with E-state index in [1.54, 1.807) is 13.8 Å². The van der Waals surface area contributed by atoms with E-state index in [0.29, 0.717) is 13.0 Å². The first kappa shape index (κ1) is 31.7. The molecule has 0 aromatic carbocycles. The van der Waals surface area contributed by atoms with Crippen LogP contribution in [0.3, 0.4) is 0 Å². The molecule has 0 unspecified atom stereocenters. The van der Waals surface area contributed by atoms with Crippen molar-refractivity contribution < 1.29 is 31.4 Å². The van der Waals surface area contributed by atoms with E-state index in [-0.39, 0.29) is 27.9 Å². The molecule has 74 valence electrons. The van der Waals surface area contributed by atoms with Gasteiger partial charge in [-0.15, -0.1) is 0 Å². The molecule has 6 heteroatoms. The van der Waals surface area contributed by atoms with Crippen molar-refractivity contribution >= 4 is 5.97 Å². The second kappa shape index (κ2) is 22.8.